The van der Waals surface area contributed by atoms with Crippen molar-refractivity contribution in [2.24, 2.45) is 5.84 Å². The second-order valence-electron chi connectivity index (χ2n) is 3.57. The third-order valence-electron chi connectivity index (χ3n) is 2.33. The zero-order chi connectivity index (χ0) is 11.5. The van der Waals surface area contributed by atoms with Crippen LogP contribution in [0.1, 0.15) is 5.82 Å². The summed E-state index contributed by atoms with van der Waals surface area (Å²) in [4.78, 5) is 21.5. The second kappa shape index (κ2) is 4.31. The standard InChI is InChI=1S/C9H14N6O/c1-6-12-7(14-10)4-8(13-6)15-3-2-11-9(16)5-15/h4H,2-3,5,10H2,1H3,(H,11,16)(H,12,13,14). The Labute approximate surface area is 93.0 Å². The maximum Gasteiger partial charge on any atom is 0.239 e. The number of aryl methyl sites for hydroxylation is 1. The third-order valence-corrected chi connectivity index (χ3v) is 2.33. The number of carbonyl (C=O) groups is 1. The third kappa shape index (κ3) is 2.19. The van der Waals surface area contributed by atoms with Crippen molar-refractivity contribution in [3.8, 4) is 0 Å². The Bertz CT molecular complexity index is 407. The Morgan fingerprint density at radius 2 is 2.38 bits per heavy atom. The lowest BCUT2D eigenvalue weighted by Crippen LogP contribution is -2.48. The fourth-order valence-electron chi connectivity index (χ4n) is 1.62. The molecule has 2 heterocycles. The minimum absolute atomic E-state index is 0.00442. The normalized spacial score (nSPS) is 15.9. The van der Waals surface area contributed by atoms with E-state index in [9.17, 15) is 4.79 Å². The van der Waals surface area contributed by atoms with E-state index >= 15 is 0 Å². The molecule has 16 heavy (non-hydrogen) atoms. The van der Waals surface area contributed by atoms with E-state index in [4.69, 9.17) is 5.84 Å². The number of nitrogens with zero attached hydrogens (tertiary/aromatic N) is 3. The predicted octanol–water partition coefficient (Wildman–Crippen LogP) is -0.993. The van der Waals surface area contributed by atoms with Gasteiger partial charge in [-0.1, -0.05) is 0 Å². The Morgan fingerprint density at radius 3 is 3.06 bits per heavy atom. The highest BCUT2D eigenvalue weighted by Gasteiger charge is 2.18. The van der Waals surface area contributed by atoms with Crippen molar-refractivity contribution in [3.63, 3.8) is 0 Å². The lowest BCUT2D eigenvalue weighted by Gasteiger charge is -2.27. The number of amides is 1. The van der Waals surface area contributed by atoms with Crippen LogP contribution in [-0.4, -0.2) is 35.5 Å². The fraction of sp³-hybridized carbons (Fsp3) is 0.444. The average molecular weight is 222 g/mol. The summed E-state index contributed by atoms with van der Waals surface area (Å²) >= 11 is 0. The molecular formula is C9H14N6O. The molecule has 0 saturated carbocycles. The number of nitrogens with one attached hydrogen (secondary N) is 2. The lowest BCUT2D eigenvalue weighted by molar-refractivity contribution is -0.120. The SMILES string of the molecule is Cc1nc(NN)cc(N2CCNC(=O)C2)n1. The van der Waals surface area contributed by atoms with Gasteiger partial charge in [-0.3, -0.25) is 4.79 Å². The summed E-state index contributed by atoms with van der Waals surface area (Å²) in [6.45, 7) is 3.48. The number of hydrazine groups is 1. The molecule has 1 amide bonds. The number of carbonyl (C=O) groups excluding carboxylic acids is 1. The zero-order valence-electron chi connectivity index (χ0n) is 9.03. The Hall–Kier alpha value is -1.89. The minimum atomic E-state index is 0.00442. The van der Waals surface area contributed by atoms with Gasteiger partial charge in [-0.25, -0.2) is 15.8 Å². The van der Waals surface area contributed by atoms with Crippen LogP contribution in [0.4, 0.5) is 11.6 Å². The van der Waals surface area contributed by atoms with Gasteiger partial charge in [0.1, 0.15) is 17.5 Å². The van der Waals surface area contributed by atoms with Crippen molar-refractivity contribution in [1.82, 2.24) is 15.3 Å². The molecule has 1 aliphatic heterocycles. The Balaban J connectivity index is 2.24. The number of aromatic nitrogens is 2. The molecule has 0 aliphatic carbocycles. The predicted molar refractivity (Wildman–Crippen MR) is 59.8 cm³/mol. The number of nitrogen functional groups attached to an aromatic ring is 1. The van der Waals surface area contributed by atoms with E-state index < -0.39 is 0 Å². The van der Waals surface area contributed by atoms with Gasteiger partial charge in [-0.2, -0.15) is 0 Å². The van der Waals surface area contributed by atoms with Crippen LogP contribution < -0.4 is 21.5 Å². The van der Waals surface area contributed by atoms with E-state index in [-0.39, 0.29) is 5.91 Å². The van der Waals surface area contributed by atoms with E-state index in [0.717, 1.165) is 12.4 Å². The van der Waals surface area contributed by atoms with Crippen molar-refractivity contribution >= 4 is 17.5 Å². The Morgan fingerprint density at radius 1 is 1.56 bits per heavy atom. The molecule has 0 unspecified atom stereocenters. The molecule has 2 rings (SSSR count). The number of piperazine rings is 1. The van der Waals surface area contributed by atoms with Crippen molar-refractivity contribution in [1.29, 1.82) is 0 Å². The van der Waals surface area contributed by atoms with Crippen LogP contribution in [0.5, 0.6) is 0 Å². The topological polar surface area (TPSA) is 96.2 Å². The molecule has 0 spiro atoms. The first kappa shape index (κ1) is 10.6. The zero-order valence-corrected chi connectivity index (χ0v) is 9.03. The summed E-state index contributed by atoms with van der Waals surface area (Å²) in [6, 6.07) is 1.73. The highest BCUT2D eigenvalue weighted by Crippen LogP contribution is 2.15. The van der Waals surface area contributed by atoms with Gasteiger partial charge in [-0.15, -0.1) is 0 Å². The molecule has 0 radical (unpaired) electrons. The van der Waals surface area contributed by atoms with Crippen LogP contribution in [-0.2, 0) is 4.79 Å². The van der Waals surface area contributed by atoms with Crippen LogP contribution >= 0.6 is 0 Å². The van der Waals surface area contributed by atoms with Crippen LogP contribution in [0.25, 0.3) is 0 Å². The summed E-state index contributed by atoms with van der Waals surface area (Å²) < 4.78 is 0. The highest BCUT2D eigenvalue weighted by atomic mass is 16.2. The van der Waals surface area contributed by atoms with Crippen LogP contribution in [0.15, 0.2) is 6.07 Å². The molecule has 0 atom stereocenters. The maximum absolute atomic E-state index is 11.2. The molecule has 4 N–H and O–H groups in total. The van der Waals surface area contributed by atoms with Gasteiger partial charge in [0.2, 0.25) is 5.91 Å². The van der Waals surface area contributed by atoms with Gasteiger partial charge in [0.15, 0.2) is 0 Å². The Kier molecular flexibility index (Phi) is 2.86. The number of nitrogens with two attached hydrogens (primary N) is 1. The smallest absolute Gasteiger partial charge is 0.239 e. The second-order valence-corrected chi connectivity index (χ2v) is 3.57. The highest BCUT2D eigenvalue weighted by molar-refractivity contribution is 5.82. The van der Waals surface area contributed by atoms with Crippen molar-refractivity contribution in [3.05, 3.63) is 11.9 Å². The number of anilines is 2. The summed E-state index contributed by atoms with van der Waals surface area (Å²) in [7, 11) is 0. The van der Waals surface area contributed by atoms with Gasteiger partial charge in [-0.05, 0) is 6.92 Å². The van der Waals surface area contributed by atoms with E-state index in [1.807, 2.05) is 4.90 Å². The molecule has 1 saturated heterocycles. The van der Waals surface area contributed by atoms with Crippen molar-refractivity contribution < 1.29 is 4.79 Å². The number of rotatable bonds is 2. The first-order chi connectivity index (χ1) is 7.69. The summed E-state index contributed by atoms with van der Waals surface area (Å²) in [5, 5.41) is 2.76. The van der Waals surface area contributed by atoms with Gasteiger partial charge in [0.05, 0.1) is 6.54 Å². The first-order valence-electron chi connectivity index (χ1n) is 5.03. The summed E-state index contributed by atoms with van der Waals surface area (Å²) in [5.74, 6) is 7.20. The minimum Gasteiger partial charge on any atom is -0.353 e. The van der Waals surface area contributed by atoms with Gasteiger partial charge in [0, 0.05) is 19.2 Å². The van der Waals surface area contributed by atoms with Gasteiger partial charge < -0.3 is 15.6 Å². The molecule has 86 valence electrons. The van der Waals surface area contributed by atoms with Gasteiger partial charge >= 0.3 is 0 Å². The molecule has 1 aromatic heterocycles. The first-order valence-corrected chi connectivity index (χ1v) is 5.03. The molecule has 1 aromatic rings. The van der Waals surface area contributed by atoms with Crippen LogP contribution in [0, 0.1) is 6.92 Å². The number of hydrogen-bond donors (Lipinski definition) is 3. The molecule has 1 aliphatic rings. The average Bonchev–Trinajstić information content (AvgIpc) is 2.28. The molecule has 7 nitrogen and oxygen atoms in total. The van der Waals surface area contributed by atoms with Gasteiger partial charge in [0.25, 0.3) is 0 Å². The van der Waals surface area contributed by atoms with Crippen LogP contribution in [0.2, 0.25) is 0 Å². The molecule has 7 heteroatoms. The maximum atomic E-state index is 11.2. The fourth-order valence-corrected chi connectivity index (χ4v) is 1.62. The monoisotopic (exact) mass is 222 g/mol. The summed E-state index contributed by atoms with van der Waals surface area (Å²) in [6.07, 6.45) is 0. The van der Waals surface area contributed by atoms with E-state index in [1.165, 1.54) is 0 Å². The van der Waals surface area contributed by atoms with Crippen molar-refractivity contribution in [2.45, 2.75) is 6.92 Å². The quantitative estimate of drug-likeness (QED) is 0.439. The number of hydrogen-bond acceptors (Lipinski definition) is 6. The van der Waals surface area contributed by atoms with E-state index in [1.54, 1.807) is 13.0 Å². The lowest BCUT2D eigenvalue weighted by atomic mass is 10.3. The molecule has 0 bridgehead atoms. The van der Waals surface area contributed by atoms with Crippen LogP contribution in [0.3, 0.4) is 0 Å². The summed E-state index contributed by atoms with van der Waals surface area (Å²) in [5.41, 5.74) is 2.48. The molecular weight excluding hydrogens is 208 g/mol. The molecule has 1 fully saturated rings. The van der Waals surface area contributed by atoms with Crippen molar-refractivity contribution in [2.75, 3.05) is 30.0 Å². The van der Waals surface area contributed by atoms with E-state index in [2.05, 4.69) is 20.7 Å². The van der Waals surface area contributed by atoms with E-state index in [0.29, 0.717) is 24.7 Å². The largest absolute Gasteiger partial charge is 0.353 e. The molecule has 0 aromatic carbocycles.